The summed E-state index contributed by atoms with van der Waals surface area (Å²) in [6, 6.07) is 3.39. The Labute approximate surface area is 116 Å². The molecule has 0 aliphatic rings. The smallest absolute Gasteiger partial charge is 0.323 e. The van der Waals surface area contributed by atoms with Gasteiger partial charge in [0.15, 0.2) is 17.5 Å². The Morgan fingerprint density at radius 1 is 1.33 bits per heavy atom. The summed E-state index contributed by atoms with van der Waals surface area (Å²) in [7, 11) is 0. The van der Waals surface area contributed by atoms with Crippen LogP contribution in [-0.4, -0.2) is 25.8 Å². The number of nitrogens with zero attached hydrogens (tertiary/aromatic N) is 3. The van der Waals surface area contributed by atoms with E-state index in [0.717, 1.165) is 12.1 Å². The molecule has 0 unspecified atom stereocenters. The second kappa shape index (κ2) is 4.65. The summed E-state index contributed by atoms with van der Waals surface area (Å²) in [5, 5.41) is 12.7. The largest absolute Gasteiger partial charge is 0.480 e. The van der Waals surface area contributed by atoms with Gasteiger partial charge in [-0.1, -0.05) is 5.16 Å². The van der Waals surface area contributed by atoms with Crippen molar-refractivity contribution < 1.29 is 23.2 Å². The maximum atomic E-state index is 13.4. The lowest BCUT2D eigenvalue weighted by Gasteiger charge is -2.03. The monoisotopic (exact) mass is 293 g/mol. The first kappa shape index (κ1) is 13.2. The van der Waals surface area contributed by atoms with Crippen LogP contribution in [0.2, 0.25) is 0 Å². The predicted octanol–water partition coefficient (Wildman–Crippen LogP) is 2.36. The number of aliphatic carboxylic acids is 1. The Bertz CT molecular complexity index is 854. The molecule has 21 heavy (non-hydrogen) atoms. The van der Waals surface area contributed by atoms with E-state index in [-0.39, 0.29) is 16.9 Å². The van der Waals surface area contributed by atoms with Crippen molar-refractivity contribution in [2.24, 2.45) is 0 Å². The molecule has 8 heteroatoms. The molecule has 0 spiro atoms. The van der Waals surface area contributed by atoms with E-state index in [0.29, 0.717) is 11.5 Å². The van der Waals surface area contributed by atoms with Crippen molar-refractivity contribution in [1.82, 2.24) is 14.7 Å². The van der Waals surface area contributed by atoms with Gasteiger partial charge in [0.05, 0.1) is 11.0 Å². The van der Waals surface area contributed by atoms with Crippen LogP contribution < -0.4 is 0 Å². The van der Waals surface area contributed by atoms with Gasteiger partial charge in [-0.3, -0.25) is 4.79 Å². The van der Waals surface area contributed by atoms with Crippen LogP contribution in [0.5, 0.6) is 0 Å². The molecule has 1 aromatic carbocycles. The van der Waals surface area contributed by atoms with E-state index in [1.807, 2.05) is 0 Å². The second-order valence-corrected chi connectivity index (χ2v) is 4.49. The number of imidazole rings is 1. The van der Waals surface area contributed by atoms with Crippen molar-refractivity contribution in [2.75, 3.05) is 0 Å². The van der Waals surface area contributed by atoms with Crippen LogP contribution in [0.3, 0.4) is 0 Å². The van der Waals surface area contributed by atoms with Gasteiger partial charge in [-0.25, -0.2) is 13.8 Å². The van der Waals surface area contributed by atoms with E-state index in [9.17, 15) is 13.6 Å². The fourth-order valence-corrected chi connectivity index (χ4v) is 2.08. The van der Waals surface area contributed by atoms with Gasteiger partial charge in [0, 0.05) is 18.2 Å². The summed E-state index contributed by atoms with van der Waals surface area (Å²) in [5.41, 5.74) is 0.614. The summed E-state index contributed by atoms with van der Waals surface area (Å²) >= 11 is 0. The molecule has 0 saturated carbocycles. The minimum absolute atomic E-state index is 0.144. The summed E-state index contributed by atoms with van der Waals surface area (Å²) in [6.07, 6.45) is 0. The maximum Gasteiger partial charge on any atom is 0.323 e. The topological polar surface area (TPSA) is 81.2 Å². The fraction of sp³-hybridized carbons (Fsp3) is 0.154. The van der Waals surface area contributed by atoms with Gasteiger partial charge >= 0.3 is 5.97 Å². The van der Waals surface area contributed by atoms with Crippen LogP contribution >= 0.6 is 0 Å². The third-order valence-electron chi connectivity index (χ3n) is 2.94. The number of hydrogen-bond donors (Lipinski definition) is 1. The summed E-state index contributed by atoms with van der Waals surface area (Å²) in [4.78, 5) is 15.1. The average molecular weight is 293 g/mol. The van der Waals surface area contributed by atoms with Gasteiger partial charge in [-0.15, -0.1) is 0 Å². The third kappa shape index (κ3) is 2.24. The van der Waals surface area contributed by atoms with E-state index < -0.39 is 24.1 Å². The lowest BCUT2D eigenvalue weighted by molar-refractivity contribution is -0.137. The molecule has 108 valence electrons. The molecule has 0 saturated heterocycles. The molecule has 3 aromatic rings. The fourth-order valence-electron chi connectivity index (χ4n) is 2.08. The average Bonchev–Trinajstić information content (AvgIpc) is 2.95. The van der Waals surface area contributed by atoms with Crippen molar-refractivity contribution >= 4 is 17.0 Å². The zero-order chi connectivity index (χ0) is 15.1. The van der Waals surface area contributed by atoms with Crippen molar-refractivity contribution in [1.29, 1.82) is 0 Å². The minimum atomic E-state index is -1.14. The van der Waals surface area contributed by atoms with Crippen LogP contribution in [-0.2, 0) is 11.3 Å². The molecular formula is C13H9F2N3O3. The Morgan fingerprint density at radius 3 is 2.67 bits per heavy atom. The SMILES string of the molecule is Cc1cc(-c2nc3cc(F)c(F)cc3n2CC(=O)O)no1. The number of rotatable bonds is 3. The second-order valence-electron chi connectivity index (χ2n) is 4.49. The van der Waals surface area contributed by atoms with Gasteiger partial charge in [0.25, 0.3) is 0 Å². The van der Waals surface area contributed by atoms with Crippen molar-refractivity contribution in [3.8, 4) is 11.5 Å². The van der Waals surface area contributed by atoms with Crippen LogP contribution in [0.25, 0.3) is 22.6 Å². The zero-order valence-electron chi connectivity index (χ0n) is 10.8. The summed E-state index contributed by atoms with van der Waals surface area (Å²) < 4.78 is 32.8. The number of benzene rings is 1. The lowest BCUT2D eigenvalue weighted by Crippen LogP contribution is -2.10. The molecule has 0 atom stereocenters. The molecular weight excluding hydrogens is 284 g/mol. The molecule has 0 bridgehead atoms. The van der Waals surface area contributed by atoms with E-state index in [1.165, 1.54) is 4.57 Å². The third-order valence-corrected chi connectivity index (χ3v) is 2.94. The molecule has 2 heterocycles. The first-order valence-electron chi connectivity index (χ1n) is 5.96. The van der Waals surface area contributed by atoms with Gasteiger partial charge in [0.1, 0.15) is 18.0 Å². The number of aromatic nitrogens is 3. The quantitative estimate of drug-likeness (QED) is 0.801. The number of carboxylic acids is 1. The Morgan fingerprint density at radius 2 is 2.05 bits per heavy atom. The number of hydrogen-bond acceptors (Lipinski definition) is 4. The van der Waals surface area contributed by atoms with Crippen LogP contribution in [0, 0.1) is 18.6 Å². The van der Waals surface area contributed by atoms with E-state index in [1.54, 1.807) is 13.0 Å². The number of aryl methyl sites for hydroxylation is 1. The number of carboxylic acid groups (broad SMARTS) is 1. The first-order chi connectivity index (χ1) is 9.95. The van der Waals surface area contributed by atoms with Crippen molar-refractivity contribution in [2.45, 2.75) is 13.5 Å². The zero-order valence-corrected chi connectivity index (χ0v) is 10.8. The maximum absolute atomic E-state index is 13.4. The predicted molar refractivity (Wildman–Crippen MR) is 67.5 cm³/mol. The highest BCUT2D eigenvalue weighted by Gasteiger charge is 2.19. The molecule has 0 aliphatic carbocycles. The highest BCUT2D eigenvalue weighted by molar-refractivity contribution is 5.82. The Hall–Kier alpha value is -2.77. The number of carbonyl (C=O) groups is 1. The number of fused-ring (bicyclic) bond motifs is 1. The van der Waals surface area contributed by atoms with Gasteiger partial charge in [-0.05, 0) is 6.92 Å². The number of halogens is 2. The molecule has 0 fully saturated rings. The summed E-state index contributed by atoms with van der Waals surface area (Å²) in [6.45, 7) is 1.21. The Kier molecular flexibility index (Phi) is 2.93. The normalized spacial score (nSPS) is 11.2. The van der Waals surface area contributed by atoms with Gasteiger partial charge in [-0.2, -0.15) is 0 Å². The van der Waals surface area contributed by atoms with E-state index in [2.05, 4.69) is 10.1 Å². The molecule has 6 nitrogen and oxygen atoms in total. The summed E-state index contributed by atoms with van der Waals surface area (Å²) in [5.74, 6) is -2.58. The lowest BCUT2D eigenvalue weighted by atomic mass is 10.3. The van der Waals surface area contributed by atoms with Crippen LogP contribution in [0.1, 0.15) is 5.76 Å². The molecule has 1 N–H and O–H groups in total. The van der Waals surface area contributed by atoms with Crippen LogP contribution in [0.15, 0.2) is 22.7 Å². The highest BCUT2D eigenvalue weighted by Crippen LogP contribution is 2.26. The van der Waals surface area contributed by atoms with Gasteiger partial charge < -0.3 is 14.2 Å². The van der Waals surface area contributed by atoms with Crippen LogP contribution in [0.4, 0.5) is 8.78 Å². The highest BCUT2D eigenvalue weighted by atomic mass is 19.2. The van der Waals surface area contributed by atoms with E-state index in [4.69, 9.17) is 9.63 Å². The molecule has 0 aliphatic heterocycles. The molecule has 0 amide bonds. The Balaban J connectivity index is 2.29. The van der Waals surface area contributed by atoms with Crippen molar-refractivity contribution in [3.63, 3.8) is 0 Å². The van der Waals surface area contributed by atoms with Crippen molar-refractivity contribution in [3.05, 3.63) is 35.6 Å². The molecule has 3 rings (SSSR count). The van der Waals surface area contributed by atoms with Gasteiger partial charge in [0.2, 0.25) is 0 Å². The first-order valence-corrected chi connectivity index (χ1v) is 5.96. The minimum Gasteiger partial charge on any atom is -0.480 e. The molecule has 2 aromatic heterocycles. The molecule has 0 radical (unpaired) electrons. The van der Waals surface area contributed by atoms with E-state index >= 15 is 0 Å². The standard InChI is InChI=1S/C13H9F2N3O3/c1-6-2-10(17-21-6)13-16-9-3-7(14)8(15)4-11(9)18(13)5-12(19)20/h2-4H,5H2,1H3,(H,19,20).